The molecule has 2 aromatic rings. The number of nitrogens with zero attached hydrogens (tertiary/aromatic N) is 2. The summed E-state index contributed by atoms with van der Waals surface area (Å²) in [6.45, 7) is 0. The quantitative estimate of drug-likeness (QED) is 0.807. The molecule has 1 unspecified atom stereocenters. The Bertz CT molecular complexity index is 1020. The number of carboxylic acids is 1. The van der Waals surface area contributed by atoms with Crippen molar-refractivity contribution in [2.24, 2.45) is 0 Å². The number of rotatable bonds is 4. The highest BCUT2D eigenvalue weighted by Gasteiger charge is 2.26. The largest absolute Gasteiger partial charge is 0.477 e. The number of carboxylic acid groups (broad SMARTS) is 1. The van der Waals surface area contributed by atoms with Gasteiger partial charge in [0.1, 0.15) is 5.69 Å². The number of carbonyl (C=O) groups is 1. The molecule has 2 aromatic heterocycles. The smallest absolute Gasteiger partial charge is 0.352 e. The molecule has 0 amide bonds. The van der Waals surface area contributed by atoms with Gasteiger partial charge >= 0.3 is 5.97 Å². The van der Waals surface area contributed by atoms with Gasteiger partial charge in [-0.2, -0.15) is 4.31 Å². The standard InChI is InChI=1S/C16H15N3O4S/c1-19(24(22,23)15-7-2-3-8-17-15)12-6-4-5-11-9-14(16(20)21)18-13(11)10-12/h2-10,12,18H,1H3,(H,20,21). The van der Waals surface area contributed by atoms with Crippen molar-refractivity contribution in [3.8, 4) is 0 Å². The molecule has 0 aliphatic heterocycles. The third-order valence-corrected chi connectivity index (χ3v) is 5.50. The van der Waals surface area contributed by atoms with Crippen LogP contribution in [0.15, 0.2) is 47.6 Å². The minimum atomic E-state index is -3.77. The molecule has 3 rings (SSSR count). The summed E-state index contributed by atoms with van der Waals surface area (Å²) >= 11 is 0. The van der Waals surface area contributed by atoms with Gasteiger partial charge in [0.05, 0.1) is 6.04 Å². The number of allylic oxidation sites excluding steroid dienone is 1. The van der Waals surface area contributed by atoms with Crippen molar-refractivity contribution in [2.45, 2.75) is 11.1 Å². The van der Waals surface area contributed by atoms with Crippen LogP contribution in [0, 0.1) is 0 Å². The second-order valence-corrected chi connectivity index (χ2v) is 7.20. The summed E-state index contributed by atoms with van der Waals surface area (Å²) in [5, 5.41) is 10.3. The van der Waals surface area contributed by atoms with E-state index in [2.05, 4.69) is 9.97 Å². The van der Waals surface area contributed by atoms with Gasteiger partial charge in [-0.25, -0.2) is 18.2 Å². The lowest BCUT2D eigenvalue weighted by Crippen LogP contribution is -2.37. The summed E-state index contributed by atoms with van der Waals surface area (Å²) in [7, 11) is -2.31. The molecule has 0 bridgehead atoms. The van der Waals surface area contributed by atoms with Gasteiger partial charge in [-0.3, -0.25) is 0 Å². The number of aromatic carboxylic acids is 1. The number of aromatic nitrogens is 2. The van der Waals surface area contributed by atoms with E-state index in [-0.39, 0.29) is 10.7 Å². The molecule has 1 atom stereocenters. The number of H-pyrrole nitrogens is 1. The van der Waals surface area contributed by atoms with Crippen molar-refractivity contribution < 1.29 is 18.3 Å². The Hall–Kier alpha value is -2.71. The van der Waals surface area contributed by atoms with E-state index in [1.165, 1.54) is 29.7 Å². The summed E-state index contributed by atoms with van der Waals surface area (Å²) in [4.78, 5) is 17.8. The Morgan fingerprint density at radius 3 is 2.83 bits per heavy atom. The average molecular weight is 345 g/mol. The SMILES string of the molecule is CN(C1C=CC=c2cc(C(=O)O)[nH]c2=C1)S(=O)(=O)c1ccccn1. The zero-order chi connectivity index (χ0) is 17.3. The topological polar surface area (TPSA) is 103 Å². The zero-order valence-corrected chi connectivity index (χ0v) is 13.6. The number of fused-ring (bicyclic) bond motifs is 1. The molecule has 2 heterocycles. The van der Waals surface area contributed by atoms with Crippen LogP contribution in [-0.2, 0) is 10.0 Å². The lowest BCUT2D eigenvalue weighted by molar-refractivity contribution is 0.0691. The normalized spacial score (nSPS) is 16.8. The number of sulfonamides is 1. The fraction of sp³-hybridized carbons (Fsp3) is 0.125. The first kappa shape index (κ1) is 16.2. The first-order chi connectivity index (χ1) is 11.4. The first-order valence-electron chi connectivity index (χ1n) is 7.11. The second kappa shape index (κ2) is 6.06. The van der Waals surface area contributed by atoms with E-state index in [1.807, 2.05) is 0 Å². The van der Waals surface area contributed by atoms with Crippen molar-refractivity contribution in [3.63, 3.8) is 0 Å². The van der Waals surface area contributed by atoms with Crippen LogP contribution < -0.4 is 10.6 Å². The molecule has 0 radical (unpaired) electrons. The second-order valence-electron chi connectivity index (χ2n) is 5.26. The van der Waals surface area contributed by atoms with Gasteiger partial charge in [0.25, 0.3) is 10.0 Å². The average Bonchev–Trinajstić information content (AvgIpc) is 2.87. The molecule has 1 aliphatic carbocycles. The number of hydrogen-bond donors (Lipinski definition) is 2. The lowest BCUT2D eigenvalue weighted by atomic mass is 10.2. The third-order valence-electron chi connectivity index (χ3n) is 3.73. The van der Waals surface area contributed by atoms with Gasteiger partial charge in [0.2, 0.25) is 0 Å². The molecule has 0 spiro atoms. The molecule has 124 valence electrons. The van der Waals surface area contributed by atoms with Crippen LogP contribution in [0.5, 0.6) is 0 Å². The number of pyridine rings is 1. The molecular weight excluding hydrogens is 330 g/mol. The molecule has 8 heteroatoms. The molecule has 2 N–H and O–H groups in total. The highest BCUT2D eigenvalue weighted by Crippen LogP contribution is 2.15. The Kier molecular flexibility index (Phi) is 4.08. The number of hydrogen-bond acceptors (Lipinski definition) is 4. The van der Waals surface area contributed by atoms with E-state index in [0.29, 0.717) is 10.6 Å². The van der Waals surface area contributed by atoms with E-state index in [0.717, 1.165) is 0 Å². The van der Waals surface area contributed by atoms with E-state index in [9.17, 15) is 13.2 Å². The van der Waals surface area contributed by atoms with Crippen molar-refractivity contribution in [1.82, 2.24) is 14.3 Å². The molecule has 0 fully saturated rings. The summed E-state index contributed by atoms with van der Waals surface area (Å²) in [6.07, 6.45) is 8.24. The first-order valence-corrected chi connectivity index (χ1v) is 8.55. The Labute approximate surface area is 138 Å². The number of likely N-dealkylation sites (N-methyl/N-ethyl adjacent to an activating group) is 1. The van der Waals surface area contributed by atoms with E-state index < -0.39 is 22.0 Å². The predicted molar refractivity (Wildman–Crippen MR) is 88.0 cm³/mol. The molecule has 0 aromatic carbocycles. The molecule has 1 aliphatic rings. The van der Waals surface area contributed by atoms with Gasteiger partial charge in [0, 0.05) is 18.6 Å². The van der Waals surface area contributed by atoms with Gasteiger partial charge < -0.3 is 10.1 Å². The van der Waals surface area contributed by atoms with Crippen LogP contribution in [0.2, 0.25) is 0 Å². The summed E-state index contributed by atoms with van der Waals surface area (Å²) < 4.78 is 26.5. The van der Waals surface area contributed by atoms with Crippen molar-refractivity contribution in [1.29, 1.82) is 0 Å². The highest BCUT2D eigenvalue weighted by molar-refractivity contribution is 7.89. The molecule has 0 saturated heterocycles. The molecule has 0 saturated carbocycles. The summed E-state index contributed by atoms with van der Waals surface area (Å²) in [5.74, 6) is -1.07. The van der Waals surface area contributed by atoms with Crippen LogP contribution in [0.1, 0.15) is 10.5 Å². The third kappa shape index (κ3) is 2.89. The van der Waals surface area contributed by atoms with Gasteiger partial charge in [-0.05, 0) is 29.5 Å². The maximum atomic E-state index is 12.7. The fourth-order valence-corrected chi connectivity index (χ4v) is 3.60. The lowest BCUT2D eigenvalue weighted by Gasteiger charge is -2.21. The maximum absolute atomic E-state index is 12.7. The molecule has 24 heavy (non-hydrogen) atoms. The van der Waals surface area contributed by atoms with Crippen LogP contribution in [0.3, 0.4) is 0 Å². The van der Waals surface area contributed by atoms with E-state index in [1.54, 1.807) is 36.4 Å². The Morgan fingerprint density at radius 1 is 1.38 bits per heavy atom. The van der Waals surface area contributed by atoms with E-state index in [4.69, 9.17) is 5.11 Å². The van der Waals surface area contributed by atoms with Gasteiger partial charge in [0.15, 0.2) is 5.03 Å². The number of nitrogens with one attached hydrogen (secondary N) is 1. The van der Waals surface area contributed by atoms with Gasteiger partial charge in [-0.1, -0.05) is 24.3 Å². The minimum absolute atomic E-state index is 0.0412. The monoisotopic (exact) mass is 345 g/mol. The molecular formula is C16H15N3O4S. The van der Waals surface area contributed by atoms with E-state index >= 15 is 0 Å². The zero-order valence-electron chi connectivity index (χ0n) is 12.7. The van der Waals surface area contributed by atoms with Crippen LogP contribution >= 0.6 is 0 Å². The summed E-state index contributed by atoms with van der Waals surface area (Å²) in [6, 6.07) is 5.62. The molecule has 7 nitrogen and oxygen atoms in total. The predicted octanol–water partition coefficient (Wildman–Crippen LogP) is -0.0720. The Balaban J connectivity index is 2.03. The highest BCUT2D eigenvalue weighted by atomic mass is 32.2. The van der Waals surface area contributed by atoms with Crippen molar-refractivity contribution in [2.75, 3.05) is 7.05 Å². The maximum Gasteiger partial charge on any atom is 0.352 e. The fourth-order valence-electron chi connectivity index (χ4n) is 2.41. The van der Waals surface area contributed by atoms with Crippen molar-refractivity contribution >= 4 is 28.1 Å². The van der Waals surface area contributed by atoms with Crippen LogP contribution in [0.25, 0.3) is 12.2 Å². The number of aromatic amines is 1. The van der Waals surface area contributed by atoms with Crippen molar-refractivity contribution in [3.05, 3.63) is 58.9 Å². The van der Waals surface area contributed by atoms with Crippen LogP contribution in [0.4, 0.5) is 0 Å². The minimum Gasteiger partial charge on any atom is -0.477 e. The Morgan fingerprint density at radius 2 is 2.17 bits per heavy atom. The van der Waals surface area contributed by atoms with Gasteiger partial charge in [-0.15, -0.1) is 0 Å². The van der Waals surface area contributed by atoms with Crippen LogP contribution in [-0.4, -0.2) is 46.9 Å². The summed E-state index contributed by atoms with van der Waals surface area (Å²) in [5.41, 5.74) is 0.0526.